The van der Waals surface area contributed by atoms with Crippen LogP contribution >= 0.6 is 27.5 Å². The number of piperazine rings is 1. The third-order valence-electron chi connectivity index (χ3n) is 3.60. The predicted octanol–water partition coefficient (Wildman–Crippen LogP) is 3.34. The number of carbonyl (C=O) groups excluding carboxylic acids is 2. The predicted molar refractivity (Wildman–Crippen MR) is 98.3 cm³/mol. The van der Waals surface area contributed by atoms with Crippen molar-refractivity contribution in [2.75, 3.05) is 38.2 Å². The summed E-state index contributed by atoms with van der Waals surface area (Å²) in [6, 6.07) is 0. The number of pyridine rings is 1. The van der Waals surface area contributed by atoms with Crippen LogP contribution in [0.1, 0.15) is 31.1 Å². The second kappa shape index (κ2) is 7.78. The van der Waals surface area contributed by atoms with Crippen LogP contribution in [0.15, 0.2) is 10.7 Å². The monoisotopic (exact) mass is 433 g/mol. The molecule has 1 aliphatic heterocycles. The molecule has 0 bridgehead atoms. The van der Waals surface area contributed by atoms with Crippen molar-refractivity contribution < 1.29 is 19.1 Å². The van der Waals surface area contributed by atoms with Gasteiger partial charge in [-0.15, -0.1) is 0 Å². The summed E-state index contributed by atoms with van der Waals surface area (Å²) in [6.07, 6.45) is 1.06. The molecule has 138 valence electrons. The zero-order valence-corrected chi connectivity index (χ0v) is 17.0. The van der Waals surface area contributed by atoms with Gasteiger partial charge in [0.1, 0.15) is 16.3 Å². The Bertz CT molecular complexity index is 670. The number of hydrogen-bond acceptors (Lipinski definition) is 6. The van der Waals surface area contributed by atoms with Crippen LogP contribution in [0.2, 0.25) is 5.15 Å². The zero-order chi connectivity index (χ0) is 18.8. The number of methoxy groups -OCH3 is 1. The lowest BCUT2D eigenvalue weighted by molar-refractivity contribution is 0.0240. The Morgan fingerprint density at radius 2 is 1.84 bits per heavy atom. The van der Waals surface area contributed by atoms with E-state index in [1.807, 2.05) is 25.7 Å². The Morgan fingerprint density at radius 3 is 2.36 bits per heavy atom. The molecule has 1 aliphatic rings. The first kappa shape index (κ1) is 19.8. The molecule has 0 radical (unpaired) electrons. The normalized spacial score (nSPS) is 15.1. The van der Waals surface area contributed by atoms with Crippen LogP contribution in [0.3, 0.4) is 0 Å². The molecule has 0 aromatic carbocycles. The Morgan fingerprint density at radius 1 is 1.24 bits per heavy atom. The first-order valence-corrected chi connectivity index (χ1v) is 8.96. The lowest BCUT2D eigenvalue weighted by atomic mass is 10.2. The molecule has 1 amide bonds. The number of ether oxygens (including phenoxy) is 2. The lowest BCUT2D eigenvalue weighted by Crippen LogP contribution is -2.50. The standard InChI is InChI=1S/C16H21BrClN3O4/c1-16(2,3)25-15(23)21-7-5-20(6-8-21)12-10(14(22)24-4)9-19-13(18)11(12)17/h9H,5-8H2,1-4H3. The number of hydrogen-bond donors (Lipinski definition) is 0. The van der Waals surface area contributed by atoms with E-state index in [0.29, 0.717) is 41.9 Å². The van der Waals surface area contributed by atoms with Gasteiger partial charge in [-0.3, -0.25) is 0 Å². The highest BCUT2D eigenvalue weighted by atomic mass is 79.9. The van der Waals surface area contributed by atoms with Crippen molar-refractivity contribution in [1.82, 2.24) is 9.88 Å². The molecule has 25 heavy (non-hydrogen) atoms. The second-order valence-corrected chi connectivity index (χ2v) is 7.72. The third kappa shape index (κ3) is 4.76. The summed E-state index contributed by atoms with van der Waals surface area (Å²) in [5, 5.41) is 0.261. The number of carbonyl (C=O) groups is 2. The maximum Gasteiger partial charge on any atom is 0.410 e. The fourth-order valence-electron chi connectivity index (χ4n) is 2.46. The third-order valence-corrected chi connectivity index (χ3v) is 4.87. The van der Waals surface area contributed by atoms with Crippen LogP contribution in [0, 0.1) is 0 Å². The number of amides is 1. The summed E-state index contributed by atoms with van der Waals surface area (Å²) in [4.78, 5) is 31.8. The van der Waals surface area contributed by atoms with Gasteiger partial charge in [0.05, 0.1) is 17.3 Å². The summed E-state index contributed by atoms with van der Waals surface area (Å²) in [5.74, 6) is -0.491. The summed E-state index contributed by atoms with van der Waals surface area (Å²) in [5.41, 5.74) is 0.411. The topological polar surface area (TPSA) is 72.0 Å². The van der Waals surface area contributed by atoms with E-state index in [9.17, 15) is 9.59 Å². The molecule has 7 nitrogen and oxygen atoms in total. The van der Waals surface area contributed by atoms with E-state index in [1.165, 1.54) is 13.3 Å². The van der Waals surface area contributed by atoms with Crippen molar-refractivity contribution in [3.8, 4) is 0 Å². The maximum atomic E-state index is 12.2. The second-order valence-electron chi connectivity index (χ2n) is 6.57. The minimum atomic E-state index is -0.534. The first-order valence-electron chi connectivity index (χ1n) is 7.79. The van der Waals surface area contributed by atoms with Crippen molar-refractivity contribution in [3.63, 3.8) is 0 Å². The van der Waals surface area contributed by atoms with E-state index < -0.39 is 11.6 Å². The molecule has 1 aromatic heterocycles. The number of halogens is 2. The molecule has 1 saturated heterocycles. The molecule has 1 fully saturated rings. The van der Waals surface area contributed by atoms with Gasteiger partial charge in [-0.2, -0.15) is 0 Å². The zero-order valence-electron chi connectivity index (χ0n) is 14.6. The van der Waals surface area contributed by atoms with Crippen LogP contribution < -0.4 is 4.90 Å². The van der Waals surface area contributed by atoms with Crippen molar-refractivity contribution in [3.05, 3.63) is 21.4 Å². The minimum Gasteiger partial charge on any atom is -0.465 e. The van der Waals surface area contributed by atoms with Crippen molar-refractivity contribution in [2.45, 2.75) is 26.4 Å². The summed E-state index contributed by atoms with van der Waals surface area (Å²) >= 11 is 9.48. The first-order chi connectivity index (χ1) is 11.6. The van der Waals surface area contributed by atoms with Gasteiger partial charge in [0.15, 0.2) is 0 Å². The number of anilines is 1. The average Bonchev–Trinajstić information content (AvgIpc) is 2.55. The highest BCUT2D eigenvalue weighted by molar-refractivity contribution is 9.10. The highest BCUT2D eigenvalue weighted by Gasteiger charge is 2.29. The lowest BCUT2D eigenvalue weighted by Gasteiger charge is -2.37. The Hall–Kier alpha value is -1.54. The number of esters is 1. The fraction of sp³-hybridized carbons (Fsp3) is 0.562. The van der Waals surface area contributed by atoms with Gasteiger partial charge in [-0.25, -0.2) is 14.6 Å². The van der Waals surface area contributed by atoms with E-state index in [0.717, 1.165) is 0 Å². The van der Waals surface area contributed by atoms with E-state index in [4.69, 9.17) is 21.1 Å². The molecule has 1 aromatic rings. The van der Waals surface area contributed by atoms with Crippen molar-refractivity contribution in [2.24, 2.45) is 0 Å². The minimum absolute atomic E-state index is 0.261. The molecular formula is C16H21BrClN3O4. The smallest absolute Gasteiger partial charge is 0.410 e. The van der Waals surface area contributed by atoms with Crippen LogP contribution in [-0.2, 0) is 9.47 Å². The molecule has 0 atom stereocenters. The summed E-state index contributed by atoms with van der Waals surface area (Å²) in [6.45, 7) is 7.51. The quantitative estimate of drug-likeness (QED) is 0.525. The molecule has 0 unspecified atom stereocenters. The largest absolute Gasteiger partial charge is 0.465 e. The molecule has 0 N–H and O–H groups in total. The van der Waals surface area contributed by atoms with Gasteiger partial charge in [-0.05, 0) is 36.7 Å². The van der Waals surface area contributed by atoms with Gasteiger partial charge in [0.25, 0.3) is 0 Å². The molecular weight excluding hydrogens is 414 g/mol. The number of aromatic nitrogens is 1. The summed E-state index contributed by atoms with van der Waals surface area (Å²) < 4.78 is 10.7. The average molecular weight is 435 g/mol. The van der Waals surface area contributed by atoms with E-state index in [1.54, 1.807) is 4.90 Å². The molecule has 9 heteroatoms. The SMILES string of the molecule is COC(=O)c1cnc(Cl)c(Br)c1N1CCN(C(=O)OC(C)(C)C)CC1. The molecule has 2 rings (SSSR count). The maximum absolute atomic E-state index is 12.2. The van der Waals surface area contributed by atoms with E-state index in [-0.39, 0.29) is 11.2 Å². The van der Waals surface area contributed by atoms with Crippen molar-refractivity contribution >= 4 is 45.3 Å². The Labute approximate surface area is 160 Å². The van der Waals surface area contributed by atoms with Gasteiger partial charge in [0, 0.05) is 32.4 Å². The fourth-order valence-corrected chi connectivity index (χ4v) is 3.17. The molecule has 0 spiro atoms. The van der Waals surface area contributed by atoms with Crippen LogP contribution in [0.25, 0.3) is 0 Å². The van der Waals surface area contributed by atoms with Crippen LogP contribution in [0.5, 0.6) is 0 Å². The van der Waals surface area contributed by atoms with Gasteiger partial charge in [-0.1, -0.05) is 11.6 Å². The molecule has 2 heterocycles. The molecule has 0 aliphatic carbocycles. The highest BCUT2D eigenvalue weighted by Crippen LogP contribution is 2.35. The van der Waals surface area contributed by atoms with Gasteiger partial charge in [0.2, 0.25) is 0 Å². The van der Waals surface area contributed by atoms with E-state index in [2.05, 4.69) is 20.9 Å². The molecule has 0 saturated carbocycles. The number of nitrogens with zero attached hydrogens (tertiary/aromatic N) is 3. The van der Waals surface area contributed by atoms with Gasteiger partial charge >= 0.3 is 12.1 Å². The number of rotatable bonds is 2. The van der Waals surface area contributed by atoms with Crippen molar-refractivity contribution in [1.29, 1.82) is 0 Å². The van der Waals surface area contributed by atoms with Crippen LogP contribution in [0.4, 0.5) is 10.5 Å². The van der Waals surface area contributed by atoms with Crippen LogP contribution in [-0.4, -0.2) is 60.8 Å². The Kier molecular flexibility index (Phi) is 6.16. The summed E-state index contributed by atoms with van der Waals surface area (Å²) in [7, 11) is 1.31. The Balaban J connectivity index is 2.17. The van der Waals surface area contributed by atoms with E-state index >= 15 is 0 Å². The van der Waals surface area contributed by atoms with Gasteiger partial charge < -0.3 is 19.3 Å².